The van der Waals surface area contributed by atoms with Crippen molar-refractivity contribution in [2.75, 3.05) is 37.2 Å². The molecule has 1 aliphatic rings. The average Bonchev–Trinajstić information content (AvgIpc) is 3.15. The monoisotopic (exact) mass is 422 g/mol. The molecule has 4 rings (SSSR count). The van der Waals surface area contributed by atoms with Gasteiger partial charge in [0.05, 0.1) is 13.2 Å². The third kappa shape index (κ3) is 4.20. The molecule has 11 heteroatoms. The van der Waals surface area contributed by atoms with Gasteiger partial charge in [-0.3, -0.25) is 0 Å². The van der Waals surface area contributed by atoms with Gasteiger partial charge < -0.3 is 14.6 Å². The van der Waals surface area contributed by atoms with Gasteiger partial charge in [-0.25, -0.2) is 27.9 Å². The first-order chi connectivity index (χ1) is 13.8. The van der Waals surface area contributed by atoms with Crippen LogP contribution >= 0.6 is 0 Å². The van der Waals surface area contributed by atoms with Gasteiger partial charge in [0.25, 0.3) is 6.43 Å². The molecule has 0 bridgehead atoms. The van der Waals surface area contributed by atoms with Crippen molar-refractivity contribution in [3.05, 3.63) is 30.6 Å². The van der Waals surface area contributed by atoms with Gasteiger partial charge in [0.1, 0.15) is 17.5 Å². The molecule has 1 atom stereocenters. The van der Waals surface area contributed by atoms with Gasteiger partial charge >= 0.3 is 0 Å². The topological polar surface area (TPSA) is 96.4 Å². The second-order valence-electron chi connectivity index (χ2n) is 6.95. The number of fused-ring (bicyclic) bond motifs is 1. The summed E-state index contributed by atoms with van der Waals surface area (Å²) in [5.41, 5.74) is 1.33. The number of anilines is 1. The molecule has 154 valence electrons. The predicted octanol–water partition coefficient (Wildman–Crippen LogP) is 2.85. The van der Waals surface area contributed by atoms with Crippen LogP contribution in [0.1, 0.15) is 0 Å². The van der Waals surface area contributed by atoms with E-state index in [1.807, 2.05) is 6.07 Å². The molecular weight excluding hydrogens is 402 g/mol. The summed E-state index contributed by atoms with van der Waals surface area (Å²) in [6.45, 7) is 0.470. The SMILES string of the molecule is CS(C)(=O)=Nc1cc(N2CCOC[C@H]2C(F)F)nc(-c2ccnc3[nH]ccc23)n1. The molecular formula is C18H20F2N6O2S. The second-order valence-corrected chi connectivity index (χ2v) is 9.49. The highest BCUT2D eigenvalue weighted by Crippen LogP contribution is 2.30. The average molecular weight is 422 g/mol. The van der Waals surface area contributed by atoms with Gasteiger partial charge in [0, 0.05) is 58.2 Å². The fourth-order valence-corrected chi connectivity index (χ4v) is 3.78. The van der Waals surface area contributed by atoms with Crippen molar-refractivity contribution in [1.82, 2.24) is 19.9 Å². The summed E-state index contributed by atoms with van der Waals surface area (Å²) >= 11 is 0. The quantitative estimate of drug-likeness (QED) is 0.695. The first-order valence-corrected chi connectivity index (χ1v) is 11.3. The molecule has 0 amide bonds. The number of aromatic nitrogens is 4. The number of halogens is 2. The Kier molecular flexibility index (Phi) is 5.17. The largest absolute Gasteiger partial charge is 0.377 e. The Hall–Kier alpha value is -2.66. The Balaban J connectivity index is 1.90. The zero-order valence-electron chi connectivity index (χ0n) is 15.9. The van der Waals surface area contributed by atoms with Crippen LogP contribution in [-0.4, -0.2) is 68.9 Å². The number of pyridine rings is 1. The Morgan fingerprint density at radius 3 is 2.93 bits per heavy atom. The van der Waals surface area contributed by atoms with Crippen LogP contribution in [0, 0.1) is 0 Å². The fourth-order valence-electron chi connectivity index (χ4n) is 3.23. The normalized spacial score (nSPS) is 17.8. The fraction of sp³-hybridized carbons (Fsp3) is 0.389. The van der Waals surface area contributed by atoms with Gasteiger partial charge in [0.15, 0.2) is 11.6 Å². The summed E-state index contributed by atoms with van der Waals surface area (Å²) in [6.07, 6.45) is 3.73. The number of hydrogen-bond donors (Lipinski definition) is 1. The number of ether oxygens (including phenoxy) is 1. The van der Waals surface area contributed by atoms with Gasteiger partial charge in [-0.05, 0) is 12.1 Å². The Morgan fingerprint density at radius 1 is 1.34 bits per heavy atom. The standard InChI is InChI=1S/C18H20F2N6O2S/c1-29(2,27)25-14-9-15(26-7-8-28-10-13(26)16(19)20)24-18(23-14)12-4-6-22-17-11(12)3-5-21-17/h3-6,9,13,16H,7-8,10H2,1-2H3,(H,21,22)/t13-/m0/s1. The Bertz CT molecular complexity index is 1150. The van der Waals surface area contributed by atoms with E-state index in [2.05, 4.69) is 24.3 Å². The van der Waals surface area contributed by atoms with Crippen molar-refractivity contribution in [1.29, 1.82) is 0 Å². The van der Waals surface area contributed by atoms with E-state index < -0.39 is 22.2 Å². The van der Waals surface area contributed by atoms with Crippen LogP contribution in [0.5, 0.6) is 0 Å². The minimum absolute atomic E-state index is 0.0981. The second kappa shape index (κ2) is 7.64. The number of H-pyrrole nitrogens is 1. The molecule has 29 heavy (non-hydrogen) atoms. The van der Waals surface area contributed by atoms with Crippen molar-refractivity contribution in [2.24, 2.45) is 4.36 Å². The van der Waals surface area contributed by atoms with E-state index in [0.29, 0.717) is 29.5 Å². The first-order valence-electron chi connectivity index (χ1n) is 8.93. The number of alkyl halides is 2. The highest BCUT2D eigenvalue weighted by molar-refractivity contribution is 7.92. The smallest absolute Gasteiger partial charge is 0.260 e. The zero-order valence-corrected chi connectivity index (χ0v) is 16.7. The molecule has 1 N–H and O–H groups in total. The maximum Gasteiger partial charge on any atom is 0.260 e. The molecule has 4 heterocycles. The van der Waals surface area contributed by atoms with E-state index in [9.17, 15) is 13.0 Å². The number of nitrogens with one attached hydrogen (secondary N) is 1. The van der Waals surface area contributed by atoms with E-state index in [1.54, 1.807) is 18.5 Å². The molecule has 0 saturated carbocycles. The van der Waals surface area contributed by atoms with Crippen LogP contribution in [0.25, 0.3) is 22.4 Å². The molecule has 3 aromatic heterocycles. The summed E-state index contributed by atoms with van der Waals surface area (Å²) in [4.78, 5) is 17.8. The van der Waals surface area contributed by atoms with Gasteiger partial charge in [0.2, 0.25) is 0 Å². The van der Waals surface area contributed by atoms with Gasteiger partial charge in [-0.1, -0.05) is 0 Å². The Labute approximate surface area is 166 Å². The van der Waals surface area contributed by atoms with Crippen LogP contribution in [0.3, 0.4) is 0 Å². The van der Waals surface area contributed by atoms with E-state index >= 15 is 0 Å². The van der Waals surface area contributed by atoms with Crippen LogP contribution in [-0.2, 0) is 14.5 Å². The van der Waals surface area contributed by atoms with E-state index in [1.165, 1.54) is 23.5 Å². The number of rotatable bonds is 4. The van der Waals surface area contributed by atoms with Crippen molar-refractivity contribution in [2.45, 2.75) is 12.5 Å². The lowest BCUT2D eigenvalue weighted by atomic mass is 10.1. The molecule has 0 radical (unpaired) electrons. The van der Waals surface area contributed by atoms with Gasteiger partial charge in [-0.2, -0.15) is 4.36 Å². The molecule has 0 spiro atoms. The lowest BCUT2D eigenvalue weighted by Crippen LogP contribution is -2.50. The zero-order chi connectivity index (χ0) is 20.6. The summed E-state index contributed by atoms with van der Waals surface area (Å²) in [7, 11) is -2.51. The number of morpholine rings is 1. The minimum atomic E-state index is -2.60. The first kappa shape index (κ1) is 19.6. The molecule has 0 unspecified atom stereocenters. The maximum atomic E-state index is 13.6. The van der Waals surface area contributed by atoms with Crippen LogP contribution in [0.15, 0.2) is 35.0 Å². The van der Waals surface area contributed by atoms with Crippen LogP contribution in [0.2, 0.25) is 0 Å². The molecule has 3 aromatic rings. The van der Waals surface area contributed by atoms with Crippen molar-refractivity contribution < 1.29 is 17.7 Å². The van der Waals surface area contributed by atoms with Crippen molar-refractivity contribution in [3.8, 4) is 11.4 Å². The third-order valence-corrected chi connectivity index (χ3v) is 5.09. The summed E-state index contributed by atoms with van der Waals surface area (Å²) in [5.74, 6) is 0.780. The maximum absolute atomic E-state index is 13.6. The molecule has 1 saturated heterocycles. The number of aromatic amines is 1. The minimum Gasteiger partial charge on any atom is -0.377 e. The Morgan fingerprint density at radius 2 is 2.17 bits per heavy atom. The lowest BCUT2D eigenvalue weighted by Gasteiger charge is -2.36. The molecule has 1 aliphatic heterocycles. The van der Waals surface area contributed by atoms with Crippen molar-refractivity contribution >= 4 is 32.4 Å². The molecule has 8 nitrogen and oxygen atoms in total. The predicted molar refractivity (Wildman–Crippen MR) is 107 cm³/mol. The van der Waals surface area contributed by atoms with E-state index in [-0.39, 0.29) is 19.0 Å². The molecule has 0 aliphatic carbocycles. The molecule has 1 fully saturated rings. The van der Waals surface area contributed by atoms with E-state index in [4.69, 9.17) is 4.74 Å². The van der Waals surface area contributed by atoms with Crippen molar-refractivity contribution in [3.63, 3.8) is 0 Å². The summed E-state index contributed by atoms with van der Waals surface area (Å²) in [6, 6.07) is 3.95. The van der Waals surface area contributed by atoms with E-state index in [0.717, 1.165) is 5.39 Å². The number of hydrogen-bond acceptors (Lipinski definition) is 7. The third-order valence-electron chi connectivity index (χ3n) is 4.46. The molecule has 0 aromatic carbocycles. The van der Waals surface area contributed by atoms with Crippen LogP contribution < -0.4 is 4.90 Å². The van der Waals surface area contributed by atoms with Gasteiger partial charge in [-0.15, -0.1) is 0 Å². The number of nitrogens with zero attached hydrogens (tertiary/aromatic N) is 5. The summed E-state index contributed by atoms with van der Waals surface area (Å²) in [5, 5.41) is 0.789. The highest BCUT2D eigenvalue weighted by atomic mass is 32.2. The highest BCUT2D eigenvalue weighted by Gasteiger charge is 2.32. The summed E-state index contributed by atoms with van der Waals surface area (Å²) < 4.78 is 48.8. The lowest BCUT2D eigenvalue weighted by molar-refractivity contribution is 0.0203. The van der Waals surface area contributed by atoms with Crippen LogP contribution in [0.4, 0.5) is 20.4 Å².